The van der Waals surface area contributed by atoms with Crippen LogP contribution in [0, 0.1) is 0 Å². The van der Waals surface area contributed by atoms with Crippen LogP contribution in [-0.4, -0.2) is 5.97 Å². The van der Waals surface area contributed by atoms with Crippen LogP contribution in [0.4, 0.5) is 5.69 Å². The third-order valence-electron chi connectivity index (χ3n) is 3.96. The zero-order valence-corrected chi connectivity index (χ0v) is 13.2. The number of nitrogens with two attached hydrogens (primary N) is 1. The van der Waals surface area contributed by atoms with Crippen molar-refractivity contribution in [3.05, 3.63) is 65.7 Å². The second kappa shape index (κ2) is 7.12. The van der Waals surface area contributed by atoms with Gasteiger partial charge in [-0.1, -0.05) is 50.6 Å². The van der Waals surface area contributed by atoms with E-state index < -0.39 is 5.60 Å². The van der Waals surface area contributed by atoms with Crippen molar-refractivity contribution < 1.29 is 9.53 Å². The lowest BCUT2D eigenvalue weighted by Crippen LogP contribution is -2.32. The molecule has 116 valence electrons. The van der Waals surface area contributed by atoms with Crippen LogP contribution >= 0.6 is 0 Å². The summed E-state index contributed by atoms with van der Waals surface area (Å²) in [5, 5.41) is 0. The zero-order valence-electron chi connectivity index (χ0n) is 13.2. The Hall–Kier alpha value is -2.29. The molecule has 1 atom stereocenters. The van der Waals surface area contributed by atoms with Gasteiger partial charge >= 0.3 is 5.97 Å². The first-order valence-electron chi connectivity index (χ1n) is 7.75. The van der Waals surface area contributed by atoms with Gasteiger partial charge in [-0.3, -0.25) is 0 Å². The summed E-state index contributed by atoms with van der Waals surface area (Å²) < 4.78 is 5.96. The predicted octanol–water partition coefficient (Wildman–Crippen LogP) is 4.53. The van der Waals surface area contributed by atoms with E-state index in [9.17, 15) is 4.79 Å². The Morgan fingerprint density at radius 1 is 1.05 bits per heavy atom. The standard InChI is InChI=1S/C19H23NO2/c1-3-14-19(4-2,16-8-6-5-7-9-16)22-18(21)15-10-12-17(20)13-11-15/h5-13H,3-4,14,20H2,1-2H3/t19-/m0/s1. The van der Waals surface area contributed by atoms with Gasteiger partial charge in [-0.25, -0.2) is 4.79 Å². The summed E-state index contributed by atoms with van der Waals surface area (Å²) in [5.74, 6) is -0.306. The maximum absolute atomic E-state index is 12.5. The summed E-state index contributed by atoms with van der Waals surface area (Å²) in [5.41, 5.74) is 7.30. The number of hydrogen-bond acceptors (Lipinski definition) is 3. The Labute approximate surface area is 132 Å². The van der Waals surface area contributed by atoms with Crippen molar-refractivity contribution in [2.24, 2.45) is 0 Å². The molecule has 0 saturated heterocycles. The molecule has 0 aromatic heterocycles. The molecule has 0 aliphatic heterocycles. The van der Waals surface area contributed by atoms with Crippen LogP contribution in [-0.2, 0) is 10.3 Å². The lowest BCUT2D eigenvalue weighted by Gasteiger charge is -2.33. The molecule has 0 saturated carbocycles. The van der Waals surface area contributed by atoms with Gasteiger partial charge in [0.25, 0.3) is 0 Å². The Kier molecular flexibility index (Phi) is 5.21. The second-order valence-electron chi connectivity index (χ2n) is 5.48. The maximum atomic E-state index is 12.5. The zero-order chi connectivity index (χ0) is 16.0. The molecular formula is C19H23NO2. The lowest BCUT2D eigenvalue weighted by atomic mass is 9.86. The van der Waals surface area contributed by atoms with E-state index in [1.807, 2.05) is 30.3 Å². The van der Waals surface area contributed by atoms with Gasteiger partial charge in [-0.2, -0.15) is 0 Å². The molecule has 0 unspecified atom stereocenters. The van der Waals surface area contributed by atoms with Crippen LogP contribution in [0.15, 0.2) is 54.6 Å². The summed E-state index contributed by atoms with van der Waals surface area (Å²) in [6, 6.07) is 16.8. The molecule has 0 spiro atoms. The normalized spacial score (nSPS) is 13.4. The maximum Gasteiger partial charge on any atom is 0.339 e. The molecule has 3 nitrogen and oxygen atoms in total. The molecule has 0 heterocycles. The number of esters is 1. The average molecular weight is 297 g/mol. The van der Waals surface area contributed by atoms with Gasteiger partial charge in [-0.05, 0) is 42.7 Å². The van der Waals surface area contributed by atoms with Crippen LogP contribution in [0.1, 0.15) is 49.0 Å². The van der Waals surface area contributed by atoms with Crippen molar-refractivity contribution in [3.63, 3.8) is 0 Å². The monoisotopic (exact) mass is 297 g/mol. The van der Waals surface area contributed by atoms with Crippen LogP contribution < -0.4 is 5.73 Å². The van der Waals surface area contributed by atoms with E-state index in [4.69, 9.17) is 10.5 Å². The van der Waals surface area contributed by atoms with Crippen molar-refractivity contribution in [2.45, 2.75) is 38.7 Å². The van der Waals surface area contributed by atoms with Gasteiger partial charge in [0.05, 0.1) is 5.56 Å². The molecule has 2 aromatic rings. The van der Waals surface area contributed by atoms with Crippen molar-refractivity contribution in [3.8, 4) is 0 Å². The summed E-state index contributed by atoms with van der Waals surface area (Å²) in [7, 11) is 0. The Balaban J connectivity index is 2.30. The number of nitrogen functional groups attached to an aromatic ring is 1. The molecule has 0 bridgehead atoms. The first-order valence-corrected chi connectivity index (χ1v) is 7.75. The van der Waals surface area contributed by atoms with Gasteiger partial charge in [0.1, 0.15) is 5.60 Å². The summed E-state index contributed by atoms with van der Waals surface area (Å²) in [6.07, 6.45) is 2.48. The third-order valence-corrected chi connectivity index (χ3v) is 3.96. The fraction of sp³-hybridized carbons (Fsp3) is 0.316. The van der Waals surface area contributed by atoms with Crippen LogP contribution in [0.25, 0.3) is 0 Å². The number of hydrogen-bond donors (Lipinski definition) is 1. The van der Waals surface area contributed by atoms with E-state index in [1.54, 1.807) is 24.3 Å². The fourth-order valence-corrected chi connectivity index (χ4v) is 2.71. The number of benzene rings is 2. The molecule has 2 N–H and O–H groups in total. The third kappa shape index (κ3) is 3.48. The molecule has 0 radical (unpaired) electrons. The van der Waals surface area contributed by atoms with E-state index in [1.165, 1.54) is 0 Å². The van der Waals surface area contributed by atoms with E-state index in [2.05, 4.69) is 13.8 Å². The molecule has 0 aliphatic rings. The highest BCUT2D eigenvalue weighted by Gasteiger charge is 2.34. The minimum absolute atomic E-state index is 0.306. The minimum atomic E-state index is -0.575. The van der Waals surface area contributed by atoms with Crippen LogP contribution in [0.5, 0.6) is 0 Å². The quantitative estimate of drug-likeness (QED) is 0.629. The average Bonchev–Trinajstić information content (AvgIpc) is 2.55. The van der Waals surface area contributed by atoms with Crippen molar-refractivity contribution in [1.29, 1.82) is 0 Å². The molecule has 2 rings (SSSR count). The lowest BCUT2D eigenvalue weighted by molar-refractivity contribution is -0.0292. The number of anilines is 1. The molecular weight excluding hydrogens is 274 g/mol. The Morgan fingerprint density at radius 3 is 2.23 bits per heavy atom. The molecule has 22 heavy (non-hydrogen) atoms. The minimum Gasteiger partial charge on any atom is -0.451 e. The van der Waals surface area contributed by atoms with Crippen molar-refractivity contribution in [1.82, 2.24) is 0 Å². The molecule has 0 fully saturated rings. The highest BCUT2D eigenvalue weighted by molar-refractivity contribution is 5.90. The molecule has 3 heteroatoms. The Morgan fingerprint density at radius 2 is 1.68 bits per heavy atom. The SMILES string of the molecule is CCC[C@](CC)(OC(=O)c1ccc(N)cc1)c1ccccc1. The number of ether oxygens (including phenoxy) is 1. The largest absolute Gasteiger partial charge is 0.451 e. The summed E-state index contributed by atoms with van der Waals surface area (Å²) >= 11 is 0. The van der Waals surface area contributed by atoms with Crippen LogP contribution in [0.2, 0.25) is 0 Å². The number of carbonyl (C=O) groups excluding carboxylic acids is 1. The highest BCUT2D eigenvalue weighted by atomic mass is 16.6. The van der Waals surface area contributed by atoms with Gasteiger partial charge in [0.2, 0.25) is 0 Å². The van der Waals surface area contributed by atoms with Gasteiger partial charge in [-0.15, -0.1) is 0 Å². The van der Waals surface area contributed by atoms with Crippen molar-refractivity contribution in [2.75, 3.05) is 5.73 Å². The summed E-state index contributed by atoms with van der Waals surface area (Å²) in [6.45, 7) is 4.16. The number of rotatable bonds is 6. The topological polar surface area (TPSA) is 52.3 Å². The van der Waals surface area contributed by atoms with E-state index in [0.717, 1.165) is 24.8 Å². The van der Waals surface area contributed by atoms with E-state index >= 15 is 0 Å². The first kappa shape index (κ1) is 16.1. The van der Waals surface area contributed by atoms with Gasteiger partial charge < -0.3 is 10.5 Å². The second-order valence-corrected chi connectivity index (χ2v) is 5.48. The molecule has 0 amide bonds. The van der Waals surface area contributed by atoms with Gasteiger partial charge in [0.15, 0.2) is 0 Å². The Bertz CT molecular complexity index is 607. The molecule has 2 aromatic carbocycles. The van der Waals surface area contributed by atoms with E-state index in [0.29, 0.717) is 11.3 Å². The van der Waals surface area contributed by atoms with Gasteiger partial charge in [0, 0.05) is 5.69 Å². The smallest absolute Gasteiger partial charge is 0.339 e. The highest BCUT2D eigenvalue weighted by Crippen LogP contribution is 2.35. The fourth-order valence-electron chi connectivity index (χ4n) is 2.71. The number of carbonyl (C=O) groups is 1. The first-order chi connectivity index (χ1) is 10.6. The summed E-state index contributed by atoms with van der Waals surface area (Å²) in [4.78, 5) is 12.5. The van der Waals surface area contributed by atoms with Crippen molar-refractivity contribution >= 4 is 11.7 Å². The van der Waals surface area contributed by atoms with Crippen LogP contribution in [0.3, 0.4) is 0 Å². The predicted molar refractivity (Wildman–Crippen MR) is 89.6 cm³/mol. The molecule has 0 aliphatic carbocycles. The van der Waals surface area contributed by atoms with E-state index in [-0.39, 0.29) is 5.97 Å².